The zero-order chi connectivity index (χ0) is 16.0. The van der Waals surface area contributed by atoms with Crippen LogP contribution in [0.2, 0.25) is 0 Å². The summed E-state index contributed by atoms with van der Waals surface area (Å²) in [5.41, 5.74) is 0.114. The van der Waals surface area contributed by atoms with Gasteiger partial charge in [0.2, 0.25) is 0 Å². The molecule has 0 radical (unpaired) electrons. The van der Waals surface area contributed by atoms with Crippen molar-refractivity contribution in [3.8, 4) is 0 Å². The van der Waals surface area contributed by atoms with E-state index in [2.05, 4.69) is 13.8 Å². The molecule has 2 N–H and O–H groups in total. The molecule has 22 heavy (non-hydrogen) atoms. The number of rotatable bonds is 7. The molecule has 0 saturated heterocycles. The van der Waals surface area contributed by atoms with Gasteiger partial charge in [-0.05, 0) is 30.7 Å². The third kappa shape index (κ3) is 3.91. The van der Waals surface area contributed by atoms with E-state index < -0.39 is 5.60 Å². The minimum absolute atomic E-state index is 0.0345. The van der Waals surface area contributed by atoms with Gasteiger partial charge in [0.1, 0.15) is 0 Å². The van der Waals surface area contributed by atoms with Crippen LogP contribution in [0, 0.1) is 11.8 Å². The molecule has 1 aromatic carbocycles. The van der Waals surface area contributed by atoms with Crippen molar-refractivity contribution >= 4 is 0 Å². The highest BCUT2D eigenvalue weighted by Gasteiger charge is 2.47. The van der Waals surface area contributed by atoms with Crippen LogP contribution in [0.5, 0.6) is 0 Å². The minimum atomic E-state index is -0.869. The van der Waals surface area contributed by atoms with Gasteiger partial charge in [0.05, 0.1) is 11.7 Å². The number of aliphatic hydroxyl groups is 2. The van der Waals surface area contributed by atoms with Crippen LogP contribution in [0.25, 0.3) is 0 Å². The molecule has 0 aliphatic heterocycles. The Hall–Kier alpha value is -0.860. The Kier molecular flexibility index (Phi) is 6.46. The summed E-state index contributed by atoms with van der Waals surface area (Å²) in [4.78, 5) is 0. The van der Waals surface area contributed by atoms with E-state index in [-0.39, 0.29) is 12.0 Å². The van der Waals surface area contributed by atoms with Gasteiger partial charge >= 0.3 is 0 Å². The van der Waals surface area contributed by atoms with Crippen LogP contribution in [-0.4, -0.2) is 16.3 Å². The Bertz CT molecular complexity index is 431. The smallest absolute Gasteiger partial charge is 0.0951 e. The summed E-state index contributed by atoms with van der Waals surface area (Å²) >= 11 is 0. The van der Waals surface area contributed by atoms with Crippen LogP contribution in [-0.2, 0) is 5.60 Å². The van der Waals surface area contributed by atoms with Gasteiger partial charge in [0, 0.05) is 5.92 Å². The van der Waals surface area contributed by atoms with Crippen molar-refractivity contribution in [3.63, 3.8) is 0 Å². The van der Waals surface area contributed by atoms with E-state index in [4.69, 9.17) is 0 Å². The summed E-state index contributed by atoms with van der Waals surface area (Å²) in [6.07, 6.45) is 7.81. The Balaban J connectivity index is 2.24. The first-order chi connectivity index (χ1) is 10.6. The minimum Gasteiger partial charge on any atom is -0.393 e. The molecular weight excluding hydrogens is 272 g/mol. The molecule has 124 valence electrons. The molecule has 1 saturated carbocycles. The van der Waals surface area contributed by atoms with Crippen molar-refractivity contribution < 1.29 is 10.2 Å². The monoisotopic (exact) mass is 304 g/mol. The molecule has 0 amide bonds. The lowest BCUT2D eigenvalue weighted by Crippen LogP contribution is -2.48. The number of hydrogen-bond donors (Lipinski definition) is 2. The maximum Gasteiger partial charge on any atom is 0.0951 e. The Morgan fingerprint density at radius 2 is 1.68 bits per heavy atom. The maximum absolute atomic E-state index is 11.5. The van der Waals surface area contributed by atoms with Gasteiger partial charge in [-0.25, -0.2) is 0 Å². The average molecular weight is 304 g/mol. The van der Waals surface area contributed by atoms with Crippen LogP contribution in [0.4, 0.5) is 0 Å². The van der Waals surface area contributed by atoms with Crippen LogP contribution in [0.1, 0.15) is 70.8 Å². The van der Waals surface area contributed by atoms with Gasteiger partial charge in [-0.2, -0.15) is 0 Å². The molecule has 1 aliphatic carbocycles. The first kappa shape index (κ1) is 17.5. The first-order valence-electron chi connectivity index (χ1n) is 9.07. The molecule has 1 aliphatic rings. The number of benzene rings is 1. The molecule has 0 aromatic heterocycles. The molecule has 0 spiro atoms. The van der Waals surface area contributed by atoms with Gasteiger partial charge in [-0.3, -0.25) is 0 Å². The summed E-state index contributed by atoms with van der Waals surface area (Å²) in [7, 11) is 0. The fourth-order valence-electron chi connectivity index (χ4n) is 4.13. The molecule has 2 rings (SSSR count). The van der Waals surface area contributed by atoms with Crippen molar-refractivity contribution in [3.05, 3.63) is 35.9 Å². The number of hydrogen-bond acceptors (Lipinski definition) is 2. The van der Waals surface area contributed by atoms with Gasteiger partial charge in [-0.15, -0.1) is 0 Å². The molecule has 4 atom stereocenters. The molecule has 2 nitrogen and oxygen atoms in total. The summed E-state index contributed by atoms with van der Waals surface area (Å²) in [5, 5.41) is 22.2. The van der Waals surface area contributed by atoms with Crippen molar-refractivity contribution in [1.82, 2.24) is 0 Å². The lowest BCUT2D eigenvalue weighted by Gasteiger charge is -2.47. The van der Waals surface area contributed by atoms with E-state index in [1.165, 1.54) is 12.8 Å². The molecule has 1 fully saturated rings. The van der Waals surface area contributed by atoms with E-state index in [1.807, 2.05) is 30.3 Å². The predicted molar refractivity (Wildman–Crippen MR) is 91.6 cm³/mol. The highest BCUT2D eigenvalue weighted by Crippen LogP contribution is 2.47. The fourth-order valence-corrected chi connectivity index (χ4v) is 4.13. The van der Waals surface area contributed by atoms with Gasteiger partial charge in [0.15, 0.2) is 0 Å². The van der Waals surface area contributed by atoms with Crippen LogP contribution in [0.15, 0.2) is 30.3 Å². The van der Waals surface area contributed by atoms with Gasteiger partial charge in [-0.1, -0.05) is 76.3 Å². The van der Waals surface area contributed by atoms with Crippen molar-refractivity contribution in [2.75, 3.05) is 0 Å². The van der Waals surface area contributed by atoms with E-state index in [9.17, 15) is 10.2 Å². The Morgan fingerprint density at radius 3 is 2.32 bits per heavy atom. The second kappa shape index (κ2) is 8.12. The first-order valence-corrected chi connectivity index (χ1v) is 9.07. The van der Waals surface area contributed by atoms with Crippen LogP contribution < -0.4 is 0 Å². The second-order valence-electron chi connectivity index (χ2n) is 7.05. The van der Waals surface area contributed by atoms with E-state index >= 15 is 0 Å². The third-order valence-corrected chi connectivity index (χ3v) is 5.36. The summed E-state index contributed by atoms with van der Waals surface area (Å²) < 4.78 is 0. The third-order valence-electron chi connectivity index (χ3n) is 5.36. The van der Waals surface area contributed by atoms with Crippen LogP contribution >= 0.6 is 0 Å². The summed E-state index contributed by atoms with van der Waals surface area (Å²) in [6, 6.07) is 10.0. The SMILES string of the molecule is CCCCC1CC(O)C(CCCC)C(O)(c2ccccc2)C1. The van der Waals surface area contributed by atoms with E-state index in [0.29, 0.717) is 5.92 Å². The number of aliphatic hydroxyl groups excluding tert-OH is 1. The molecular formula is C20H32O2. The molecule has 2 heteroatoms. The number of unbranched alkanes of at least 4 members (excludes halogenated alkanes) is 2. The Morgan fingerprint density at radius 1 is 1.05 bits per heavy atom. The highest BCUT2D eigenvalue weighted by molar-refractivity contribution is 5.25. The molecule has 0 bridgehead atoms. The standard InChI is InChI=1S/C20H32O2/c1-3-5-10-16-14-19(21)18(13-6-4-2)20(22,15-16)17-11-8-7-9-12-17/h7-9,11-12,16,18-19,21-22H,3-6,10,13-15H2,1-2H3. The van der Waals surface area contributed by atoms with Gasteiger partial charge < -0.3 is 10.2 Å². The quantitative estimate of drug-likeness (QED) is 0.770. The van der Waals surface area contributed by atoms with E-state index in [0.717, 1.165) is 44.1 Å². The zero-order valence-corrected chi connectivity index (χ0v) is 14.2. The molecule has 4 unspecified atom stereocenters. The van der Waals surface area contributed by atoms with Gasteiger partial charge in [0.25, 0.3) is 0 Å². The zero-order valence-electron chi connectivity index (χ0n) is 14.2. The molecule has 1 aromatic rings. The molecule has 0 heterocycles. The van der Waals surface area contributed by atoms with Crippen LogP contribution in [0.3, 0.4) is 0 Å². The highest BCUT2D eigenvalue weighted by atomic mass is 16.3. The Labute approximate surface area is 135 Å². The van der Waals surface area contributed by atoms with Crippen molar-refractivity contribution in [2.24, 2.45) is 11.8 Å². The fraction of sp³-hybridized carbons (Fsp3) is 0.700. The lowest BCUT2D eigenvalue weighted by molar-refractivity contribution is -0.131. The topological polar surface area (TPSA) is 40.5 Å². The predicted octanol–water partition coefficient (Wildman–Crippen LogP) is 4.64. The normalized spacial score (nSPS) is 32.1. The van der Waals surface area contributed by atoms with Crippen molar-refractivity contribution in [2.45, 2.75) is 76.9 Å². The summed E-state index contributed by atoms with van der Waals surface area (Å²) in [5.74, 6) is 0.394. The largest absolute Gasteiger partial charge is 0.393 e. The average Bonchev–Trinajstić information content (AvgIpc) is 2.53. The lowest BCUT2D eigenvalue weighted by atomic mass is 9.64. The van der Waals surface area contributed by atoms with E-state index in [1.54, 1.807) is 0 Å². The van der Waals surface area contributed by atoms with Crippen molar-refractivity contribution in [1.29, 1.82) is 0 Å². The maximum atomic E-state index is 11.5. The summed E-state index contributed by atoms with van der Waals surface area (Å²) in [6.45, 7) is 4.37. The second-order valence-corrected chi connectivity index (χ2v) is 7.05.